The molecule has 0 heterocycles. The Balaban J connectivity index is 2.71. The second-order valence-electron chi connectivity index (χ2n) is 3.01. The minimum absolute atomic E-state index is 0.00558. The van der Waals surface area contributed by atoms with Crippen LogP contribution in [0.15, 0.2) is 18.2 Å². The third-order valence-electron chi connectivity index (χ3n) is 1.75. The standard InChI is InChI=1S/C10H9Cl2F2NO2/c11-4-3-9(16)15-6-1-2-8(7(12)5-6)17-10(13)14/h1-2,5,10H,3-4H2,(H,15,16). The monoisotopic (exact) mass is 283 g/mol. The summed E-state index contributed by atoms with van der Waals surface area (Å²) in [7, 11) is 0. The summed E-state index contributed by atoms with van der Waals surface area (Å²) in [6.45, 7) is -2.94. The molecule has 17 heavy (non-hydrogen) atoms. The Morgan fingerprint density at radius 1 is 1.47 bits per heavy atom. The number of nitrogens with one attached hydrogen (secondary N) is 1. The van der Waals surface area contributed by atoms with Crippen LogP contribution in [0.3, 0.4) is 0 Å². The van der Waals surface area contributed by atoms with Crippen molar-refractivity contribution in [2.24, 2.45) is 0 Å². The Labute approximate surface area is 107 Å². The normalized spacial score (nSPS) is 10.4. The van der Waals surface area contributed by atoms with E-state index in [-0.39, 0.29) is 29.0 Å². The highest BCUT2D eigenvalue weighted by Crippen LogP contribution is 2.28. The van der Waals surface area contributed by atoms with E-state index in [0.29, 0.717) is 5.69 Å². The predicted molar refractivity (Wildman–Crippen MR) is 62.1 cm³/mol. The van der Waals surface area contributed by atoms with Gasteiger partial charge in [0, 0.05) is 18.0 Å². The molecule has 0 spiro atoms. The molecule has 94 valence electrons. The number of halogens is 4. The quantitative estimate of drug-likeness (QED) is 0.840. The third-order valence-corrected chi connectivity index (χ3v) is 2.24. The van der Waals surface area contributed by atoms with Gasteiger partial charge in [0.2, 0.25) is 5.91 Å². The van der Waals surface area contributed by atoms with Gasteiger partial charge in [-0.25, -0.2) is 0 Å². The Hall–Kier alpha value is -1.07. The van der Waals surface area contributed by atoms with Crippen LogP contribution in [0.25, 0.3) is 0 Å². The molecule has 0 aliphatic rings. The summed E-state index contributed by atoms with van der Waals surface area (Å²) in [4.78, 5) is 11.2. The Kier molecular flexibility index (Phi) is 5.44. The largest absolute Gasteiger partial charge is 0.433 e. The van der Waals surface area contributed by atoms with Crippen LogP contribution < -0.4 is 10.1 Å². The van der Waals surface area contributed by atoms with Gasteiger partial charge in [0.05, 0.1) is 5.02 Å². The van der Waals surface area contributed by atoms with Crippen LogP contribution in [0.4, 0.5) is 14.5 Å². The Bertz CT molecular complexity index is 402. The summed E-state index contributed by atoms with van der Waals surface area (Å²) in [6.07, 6.45) is 0.161. The SMILES string of the molecule is O=C(CCCl)Nc1ccc(OC(F)F)c(Cl)c1. The first-order valence-corrected chi connectivity index (χ1v) is 5.54. The number of carbonyl (C=O) groups excluding carboxylic acids is 1. The second kappa shape index (κ2) is 6.61. The smallest absolute Gasteiger partial charge is 0.387 e. The van der Waals surface area contributed by atoms with Crippen molar-refractivity contribution in [3.05, 3.63) is 23.2 Å². The molecule has 7 heteroatoms. The van der Waals surface area contributed by atoms with Crippen molar-refractivity contribution in [2.75, 3.05) is 11.2 Å². The average Bonchev–Trinajstić information content (AvgIpc) is 2.22. The van der Waals surface area contributed by atoms with E-state index < -0.39 is 6.61 Å². The molecule has 0 bridgehead atoms. The summed E-state index contributed by atoms with van der Waals surface area (Å²) < 4.78 is 28.0. The fraction of sp³-hybridized carbons (Fsp3) is 0.300. The molecule has 1 aromatic rings. The molecular formula is C10H9Cl2F2NO2. The van der Waals surface area contributed by atoms with E-state index in [2.05, 4.69) is 10.1 Å². The zero-order chi connectivity index (χ0) is 12.8. The first-order chi connectivity index (χ1) is 8.02. The zero-order valence-corrected chi connectivity index (χ0v) is 10.1. The van der Waals surface area contributed by atoms with Crippen LogP contribution in [0.1, 0.15) is 6.42 Å². The number of hydrogen-bond donors (Lipinski definition) is 1. The minimum atomic E-state index is -2.94. The first kappa shape index (κ1) is 14.0. The predicted octanol–water partition coefficient (Wildman–Crippen LogP) is 3.51. The maximum Gasteiger partial charge on any atom is 0.387 e. The van der Waals surface area contributed by atoms with Gasteiger partial charge >= 0.3 is 6.61 Å². The van der Waals surface area contributed by atoms with Crippen molar-refractivity contribution in [2.45, 2.75) is 13.0 Å². The van der Waals surface area contributed by atoms with E-state index in [0.717, 1.165) is 0 Å². The van der Waals surface area contributed by atoms with E-state index >= 15 is 0 Å². The Morgan fingerprint density at radius 2 is 2.18 bits per heavy atom. The molecule has 0 fully saturated rings. The molecule has 0 saturated heterocycles. The van der Waals surface area contributed by atoms with Gasteiger partial charge in [0.1, 0.15) is 5.75 Å². The van der Waals surface area contributed by atoms with Gasteiger partial charge in [-0.05, 0) is 18.2 Å². The molecule has 0 saturated carbocycles. The lowest BCUT2D eigenvalue weighted by atomic mass is 10.3. The Morgan fingerprint density at radius 3 is 2.71 bits per heavy atom. The van der Waals surface area contributed by atoms with Crippen LogP contribution in [0.2, 0.25) is 5.02 Å². The number of carbonyl (C=O) groups is 1. The lowest BCUT2D eigenvalue weighted by molar-refractivity contribution is -0.115. The summed E-state index contributed by atoms with van der Waals surface area (Å²) in [5.41, 5.74) is 0.395. The molecule has 1 amide bonds. The lowest BCUT2D eigenvalue weighted by Gasteiger charge is -2.09. The van der Waals surface area contributed by atoms with Gasteiger partial charge < -0.3 is 10.1 Å². The van der Waals surface area contributed by atoms with Crippen molar-refractivity contribution in [1.29, 1.82) is 0 Å². The van der Waals surface area contributed by atoms with Crippen molar-refractivity contribution >= 4 is 34.8 Å². The fourth-order valence-corrected chi connectivity index (χ4v) is 1.48. The zero-order valence-electron chi connectivity index (χ0n) is 8.55. The summed E-state index contributed by atoms with van der Waals surface area (Å²) >= 11 is 11.1. The van der Waals surface area contributed by atoms with E-state index in [9.17, 15) is 13.6 Å². The van der Waals surface area contributed by atoms with Crippen molar-refractivity contribution in [3.63, 3.8) is 0 Å². The summed E-state index contributed by atoms with van der Waals surface area (Å²) in [6, 6.07) is 3.99. The third kappa shape index (κ3) is 4.75. The fourth-order valence-electron chi connectivity index (χ4n) is 1.08. The van der Waals surface area contributed by atoms with Crippen LogP contribution in [0.5, 0.6) is 5.75 Å². The molecule has 0 radical (unpaired) electrons. The topological polar surface area (TPSA) is 38.3 Å². The number of hydrogen-bond acceptors (Lipinski definition) is 2. The lowest BCUT2D eigenvalue weighted by Crippen LogP contribution is -2.11. The van der Waals surface area contributed by atoms with Gasteiger partial charge in [-0.15, -0.1) is 11.6 Å². The van der Waals surface area contributed by atoms with E-state index in [4.69, 9.17) is 23.2 Å². The maximum absolute atomic E-state index is 11.9. The molecule has 0 aliphatic carbocycles. The van der Waals surface area contributed by atoms with Crippen LogP contribution in [-0.2, 0) is 4.79 Å². The van der Waals surface area contributed by atoms with Gasteiger partial charge in [-0.2, -0.15) is 8.78 Å². The van der Waals surface area contributed by atoms with E-state index in [1.54, 1.807) is 0 Å². The first-order valence-electron chi connectivity index (χ1n) is 4.63. The number of anilines is 1. The van der Waals surface area contributed by atoms with Gasteiger partial charge in [-0.1, -0.05) is 11.6 Å². The summed E-state index contributed by atoms with van der Waals surface area (Å²) in [5, 5.41) is 2.51. The highest BCUT2D eigenvalue weighted by atomic mass is 35.5. The minimum Gasteiger partial charge on any atom is -0.433 e. The second-order valence-corrected chi connectivity index (χ2v) is 3.80. The number of alkyl halides is 3. The molecule has 0 aliphatic heterocycles. The molecule has 0 aromatic heterocycles. The van der Waals surface area contributed by atoms with E-state index in [1.807, 2.05) is 0 Å². The highest BCUT2D eigenvalue weighted by Gasteiger charge is 2.09. The maximum atomic E-state index is 11.9. The van der Waals surface area contributed by atoms with Gasteiger partial charge in [0.15, 0.2) is 0 Å². The van der Waals surface area contributed by atoms with E-state index in [1.165, 1.54) is 18.2 Å². The molecule has 1 rings (SSSR count). The molecule has 1 aromatic carbocycles. The number of ether oxygens (including phenoxy) is 1. The molecular weight excluding hydrogens is 275 g/mol. The molecule has 1 N–H and O–H groups in total. The molecule has 3 nitrogen and oxygen atoms in total. The number of benzene rings is 1. The van der Waals surface area contributed by atoms with Crippen molar-refractivity contribution < 1.29 is 18.3 Å². The van der Waals surface area contributed by atoms with Gasteiger partial charge in [-0.3, -0.25) is 4.79 Å². The van der Waals surface area contributed by atoms with Gasteiger partial charge in [0.25, 0.3) is 0 Å². The van der Waals surface area contributed by atoms with Crippen LogP contribution in [0, 0.1) is 0 Å². The molecule has 0 unspecified atom stereocenters. The van der Waals surface area contributed by atoms with Crippen LogP contribution in [-0.4, -0.2) is 18.4 Å². The van der Waals surface area contributed by atoms with Crippen molar-refractivity contribution in [3.8, 4) is 5.75 Å². The summed E-state index contributed by atoms with van der Waals surface area (Å²) in [5.74, 6) is -0.220. The molecule has 0 atom stereocenters. The van der Waals surface area contributed by atoms with Crippen LogP contribution >= 0.6 is 23.2 Å². The highest BCUT2D eigenvalue weighted by molar-refractivity contribution is 6.32. The number of rotatable bonds is 5. The average molecular weight is 284 g/mol. The number of amides is 1. The van der Waals surface area contributed by atoms with Crippen molar-refractivity contribution in [1.82, 2.24) is 0 Å².